The highest BCUT2D eigenvalue weighted by atomic mass is 31.2. The summed E-state index contributed by atoms with van der Waals surface area (Å²) in [4.78, 5) is 12.0. The van der Waals surface area contributed by atoms with Crippen LogP contribution in [0.3, 0.4) is 0 Å². The maximum absolute atomic E-state index is 16.9. The zero-order valence-electron chi connectivity index (χ0n) is 25.3. The van der Waals surface area contributed by atoms with E-state index in [0.717, 1.165) is 55.0 Å². The van der Waals surface area contributed by atoms with Crippen molar-refractivity contribution in [1.82, 2.24) is 18.6 Å². The largest absolute Gasteiger partial charge is 0.319 e. The van der Waals surface area contributed by atoms with E-state index in [2.05, 4.69) is 48.5 Å². The number of rotatable bonds is 6. The topological polar surface area (TPSA) is 56.0 Å². The molecule has 7 heteroatoms. The monoisotopic (exact) mass is 625 g/mol. The average Bonchev–Trinajstić information content (AvgIpc) is 3.67. The number of hydrogen-bond donors (Lipinski definition) is 0. The first-order chi connectivity index (χ1) is 23.2. The highest BCUT2D eigenvalue weighted by molar-refractivity contribution is 7.69. The molecule has 0 aliphatic rings. The molecule has 0 unspecified atom stereocenters. The highest BCUT2D eigenvalue weighted by Crippen LogP contribution is 2.56. The Morgan fingerprint density at radius 1 is 0.447 bits per heavy atom. The van der Waals surface area contributed by atoms with Gasteiger partial charge in [0.15, 0.2) is 0 Å². The molecule has 0 aliphatic carbocycles. The second kappa shape index (κ2) is 10.8. The lowest BCUT2D eigenvalue weighted by atomic mass is 10.2. The zero-order chi connectivity index (χ0) is 31.4. The molecule has 0 radical (unpaired) electrons. The first-order valence-corrected chi connectivity index (χ1v) is 17.2. The third-order valence-corrected chi connectivity index (χ3v) is 11.6. The van der Waals surface area contributed by atoms with Crippen molar-refractivity contribution in [2.45, 2.75) is 0 Å². The fourth-order valence-corrected chi connectivity index (χ4v) is 9.76. The summed E-state index contributed by atoms with van der Waals surface area (Å²) in [6.45, 7) is 0. The third kappa shape index (κ3) is 4.16. The molecule has 0 saturated carbocycles. The number of anilines is 3. The van der Waals surface area contributed by atoms with Crippen LogP contribution in [0, 0.1) is 0 Å². The van der Waals surface area contributed by atoms with Gasteiger partial charge in [0.25, 0.3) is 0 Å². The highest BCUT2D eigenvalue weighted by Gasteiger charge is 2.38. The first-order valence-electron chi connectivity index (χ1n) is 15.6. The van der Waals surface area contributed by atoms with E-state index in [0.29, 0.717) is 11.4 Å². The van der Waals surface area contributed by atoms with Crippen LogP contribution in [0.5, 0.6) is 0 Å². The van der Waals surface area contributed by atoms with Crippen molar-refractivity contribution in [1.29, 1.82) is 0 Å². The van der Waals surface area contributed by atoms with Crippen LogP contribution >= 0.6 is 7.44 Å². The van der Waals surface area contributed by atoms with Crippen LogP contribution in [0.4, 0.5) is 17.3 Å². The SMILES string of the molecule is O=P(c1ccnc(N(c2ccccc2)c2ccccc2)n1)(n1c2ccccc2c2ccccc21)n1c2ccccc2c2ccccc21. The average molecular weight is 626 g/mol. The van der Waals surface area contributed by atoms with Crippen LogP contribution in [0.1, 0.15) is 0 Å². The van der Waals surface area contributed by atoms with Crippen molar-refractivity contribution in [2.24, 2.45) is 0 Å². The molecule has 9 aromatic rings. The summed E-state index contributed by atoms with van der Waals surface area (Å²) in [5.41, 5.74) is 5.74. The Morgan fingerprint density at radius 2 is 0.809 bits per heavy atom. The fourth-order valence-electron chi connectivity index (χ4n) is 6.83. The van der Waals surface area contributed by atoms with Crippen LogP contribution < -0.4 is 10.3 Å². The molecule has 6 aromatic carbocycles. The smallest absolute Gasteiger partial charge is 0.279 e. The summed E-state index contributed by atoms with van der Waals surface area (Å²) in [5, 5.41) is 4.14. The Hall–Kier alpha value is -5.97. The molecule has 3 aromatic heterocycles. The van der Waals surface area contributed by atoms with Gasteiger partial charge in [0.2, 0.25) is 5.95 Å². The Kier molecular flexibility index (Phi) is 6.30. The van der Waals surface area contributed by atoms with Crippen LogP contribution in [0.25, 0.3) is 43.6 Å². The minimum atomic E-state index is -3.86. The molecule has 0 bridgehead atoms. The molecule has 0 aliphatic heterocycles. The lowest BCUT2D eigenvalue weighted by Gasteiger charge is -2.27. The number of benzene rings is 6. The number of aromatic nitrogens is 4. The van der Waals surface area contributed by atoms with Gasteiger partial charge >= 0.3 is 7.44 Å². The number of fused-ring (bicyclic) bond motifs is 6. The molecule has 0 atom stereocenters. The van der Waals surface area contributed by atoms with Gasteiger partial charge in [-0.1, -0.05) is 109 Å². The van der Waals surface area contributed by atoms with Gasteiger partial charge in [0, 0.05) is 39.1 Å². The van der Waals surface area contributed by atoms with E-state index in [9.17, 15) is 0 Å². The van der Waals surface area contributed by atoms with Crippen molar-refractivity contribution in [3.05, 3.63) is 170 Å². The lowest BCUT2D eigenvalue weighted by Crippen LogP contribution is -2.24. The first kappa shape index (κ1) is 27.3. The van der Waals surface area contributed by atoms with Crippen LogP contribution in [-0.4, -0.2) is 18.6 Å². The third-order valence-electron chi connectivity index (χ3n) is 8.81. The van der Waals surface area contributed by atoms with E-state index in [1.165, 1.54) is 0 Å². The number of hydrogen-bond acceptors (Lipinski definition) is 4. The predicted octanol–water partition coefficient (Wildman–Crippen LogP) is 10.1. The Bertz CT molecular complexity index is 2360. The van der Waals surface area contributed by atoms with E-state index in [1.54, 1.807) is 6.20 Å². The predicted molar refractivity (Wildman–Crippen MR) is 194 cm³/mol. The van der Waals surface area contributed by atoms with Gasteiger partial charge in [-0.05, 0) is 54.6 Å². The van der Waals surface area contributed by atoms with Crippen LogP contribution in [-0.2, 0) is 4.57 Å². The van der Waals surface area contributed by atoms with E-state index < -0.39 is 7.44 Å². The fraction of sp³-hybridized carbons (Fsp3) is 0. The molecule has 0 spiro atoms. The maximum Gasteiger partial charge on any atom is 0.319 e. The second-order valence-corrected chi connectivity index (χ2v) is 13.8. The maximum atomic E-state index is 16.9. The molecule has 0 saturated heterocycles. The zero-order valence-corrected chi connectivity index (χ0v) is 26.2. The molecular weight excluding hydrogens is 597 g/mol. The Balaban J connectivity index is 1.42. The van der Waals surface area contributed by atoms with E-state index in [-0.39, 0.29) is 0 Å². The molecule has 224 valence electrons. The van der Waals surface area contributed by atoms with Gasteiger partial charge in [0.05, 0.1) is 22.1 Å². The van der Waals surface area contributed by atoms with Crippen molar-refractivity contribution in [3.8, 4) is 0 Å². The van der Waals surface area contributed by atoms with Gasteiger partial charge in [-0.25, -0.2) is 9.97 Å². The van der Waals surface area contributed by atoms with Gasteiger partial charge in [-0.2, -0.15) is 0 Å². The summed E-state index contributed by atoms with van der Waals surface area (Å²) in [6.07, 6.45) is 1.73. The lowest BCUT2D eigenvalue weighted by molar-refractivity contribution is 0.572. The molecule has 0 fully saturated rings. The normalized spacial score (nSPS) is 11.9. The van der Waals surface area contributed by atoms with Gasteiger partial charge < -0.3 is 0 Å². The Morgan fingerprint density at radius 3 is 1.21 bits per heavy atom. The molecule has 0 amide bonds. The van der Waals surface area contributed by atoms with Crippen molar-refractivity contribution in [3.63, 3.8) is 0 Å². The molecule has 0 N–H and O–H groups in total. The minimum absolute atomic E-state index is 0.428. The summed E-state index contributed by atoms with van der Waals surface area (Å²) in [5.74, 6) is 0.432. The van der Waals surface area contributed by atoms with E-state index in [4.69, 9.17) is 9.97 Å². The van der Waals surface area contributed by atoms with Crippen LogP contribution in [0.15, 0.2) is 170 Å². The quantitative estimate of drug-likeness (QED) is 0.173. The van der Waals surface area contributed by atoms with Crippen LogP contribution in [0.2, 0.25) is 0 Å². The molecule has 47 heavy (non-hydrogen) atoms. The van der Waals surface area contributed by atoms with Crippen molar-refractivity contribution >= 4 is 73.8 Å². The molecule has 6 nitrogen and oxygen atoms in total. The van der Waals surface area contributed by atoms with Gasteiger partial charge in [-0.3, -0.25) is 18.1 Å². The van der Waals surface area contributed by atoms with E-state index in [1.807, 2.05) is 129 Å². The standard InChI is InChI=1S/C40H28N5OP/c46-47(44-35-23-11-7-19-31(35)32-20-8-12-24-36(32)44,45-37-25-13-9-21-33(37)34-22-10-14-26-38(34)45)39-27-28-41-40(42-39)43(29-15-3-1-4-16-29)30-17-5-2-6-18-30/h1-28H. The molecule has 9 rings (SSSR count). The second-order valence-electron chi connectivity index (χ2n) is 11.5. The van der Waals surface area contributed by atoms with Crippen molar-refractivity contribution in [2.75, 3.05) is 4.90 Å². The molecule has 3 heterocycles. The van der Waals surface area contributed by atoms with E-state index >= 15 is 4.57 Å². The summed E-state index contributed by atoms with van der Waals surface area (Å²) in [7, 11) is -3.86. The summed E-state index contributed by atoms with van der Waals surface area (Å²) >= 11 is 0. The summed E-state index contributed by atoms with van der Waals surface area (Å²) in [6, 6.07) is 54.7. The number of para-hydroxylation sites is 6. The number of nitrogens with zero attached hydrogens (tertiary/aromatic N) is 5. The van der Waals surface area contributed by atoms with Gasteiger partial charge in [-0.15, -0.1) is 0 Å². The summed E-state index contributed by atoms with van der Waals surface area (Å²) < 4.78 is 20.9. The minimum Gasteiger partial charge on any atom is -0.279 e. The Labute approximate surface area is 271 Å². The molecular formula is C40H28N5OP. The van der Waals surface area contributed by atoms with Gasteiger partial charge in [0.1, 0.15) is 5.44 Å². The van der Waals surface area contributed by atoms with Crippen molar-refractivity contribution < 1.29 is 4.57 Å².